The predicted octanol–water partition coefficient (Wildman–Crippen LogP) is 3.40. The molecule has 0 amide bonds. The van der Waals surface area contributed by atoms with Crippen LogP contribution in [-0.2, 0) is 0 Å². The molecular weight excluding hydrogens is 141 g/mol. The van der Waals surface area contributed by atoms with Gasteiger partial charge in [0.15, 0.2) is 5.69 Å². The van der Waals surface area contributed by atoms with Crippen LogP contribution in [-0.4, -0.2) is 0 Å². The minimum Gasteiger partial charge on any atom is -0.238 e. The van der Waals surface area contributed by atoms with E-state index in [4.69, 9.17) is 6.57 Å². The molecule has 0 N–H and O–H groups in total. The molecule has 0 radical (unpaired) electrons. The van der Waals surface area contributed by atoms with E-state index in [9.17, 15) is 4.39 Å². The Morgan fingerprint density at radius 3 is 2.00 bits per heavy atom. The minimum atomic E-state index is -0.303. The third-order valence-electron chi connectivity index (χ3n) is 0.956. The Hall–Kier alpha value is -1.36. The molecule has 0 saturated heterocycles. The van der Waals surface area contributed by atoms with Crippen molar-refractivity contribution < 1.29 is 4.39 Å². The van der Waals surface area contributed by atoms with Gasteiger partial charge in [0.05, 0.1) is 6.57 Å². The van der Waals surface area contributed by atoms with E-state index in [2.05, 4.69) is 4.85 Å². The van der Waals surface area contributed by atoms with Gasteiger partial charge in [-0.15, -0.1) is 0 Å². The standard InChI is InChI=1S/C7H4FN.C2H6/c1-9-7-4-2-6(8)3-5-7;1-2/h2-5H;1-2H3. The van der Waals surface area contributed by atoms with Crippen molar-refractivity contribution in [2.45, 2.75) is 13.8 Å². The van der Waals surface area contributed by atoms with Crippen LogP contribution in [0.2, 0.25) is 0 Å². The number of rotatable bonds is 0. The van der Waals surface area contributed by atoms with Crippen molar-refractivity contribution in [2.24, 2.45) is 0 Å². The Kier molecular flexibility index (Phi) is 4.76. The molecule has 0 saturated carbocycles. The van der Waals surface area contributed by atoms with Gasteiger partial charge in [0.1, 0.15) is 5.82 Å². The molecule has 58 valence electrons. The first-order valence-corrected chi connectivity index (χ1v) is 3.46. The van der Waals surface area contributed by atoms with Crippen molar-refractivity contribution >= 4 is 5.69 Å². The van der Waals surface area contributed by atoms with E-state index in [0.29, 0.717) is 5.69 Å². The van der Waals surface area contributed by atoms with Gasteiger partial charge >= 0.3 is 0 Å². The topological polar surface area (TPSA) is 4.36 Å². The molecule has 0 fully saturated rings. The molecule has 0 atom stereocenters. The Labute approximate surface area is 66.3 Å². The molecular formula is C9H10FN. The smallest absolute Gasteiger partial charge is 0.187 e. The summed E-state index contributed by atoms with van der Waals surface area (Å²) in [4.78, 5) is 3.10. The molecule has 1 aromatic carbocycles. The first kappa shape index (κ1) is 9.64. The molecule has 2 heteroatoms. The van der Waals surface area contributed by atoms with E-state index < -0.39 is 0 Å². The van der Waals surface area contributed by atoms with Gasteiger partial charge in [-0.2, -0.15) is 0 Å². The van der Waals surface area contributed by atoms with Crippen LogP contribution in [0.5, 0.6) is 0 Å². The molecule has 1 rings (SSSR count). The van der Waals surface area contributed by atoms with E-state index in [-0.39, 0.29) is 5.82 Å². The van der Waals surface area contributed by atoms with Crippen LogP contribution < -0.4 is 0 Å². The quantitative estimate of drug-likeness (QED) is 0.500. The highest BCUT2D eigenvalue weighted by Gasteiger charge is 1.88. The fraction of sp³-hybridized carbons (Fsp3) is 0.222. The van der Waals surface area contributed by atoms with Crippen LogP contribution in [0, 0.1) is 12.4 Å². The molecule has 0 aliphatic heterocycles. The summed E-state index contributed by atoms with van der Waals surface area (Å²) in [7, 11) is 0. The maximum absolute atomic E-state index is 12.1. The highest BCUT2D eigenvalue weighted by atomic mass is 19.1. The summed E-state index contributed by atoms with van der Waals surface area (Å²) in [6, 6.07) is 5.44. The number of nitrogens with zero attached hydrogens (tertiary/aromatic N) is 1. The number of benzene rings is 1. The summed E-state index contributed by atoms with van der Waals surface area (Å²) in [5.74, 6) is -0.303. The van der Waals surface area contributed by atoms with Crippen LogP contribution in [0.4, 0.5) is 10.1 Å². The third-order valence-corrected chi connectivity index (χ3v) is 0.956. The molecule has 0 aromatic heterocycles. The Bertz CT molecular complexity index is 233. The summed E-state index contributed by atoms with van der Waals surface area (Å²) < 4.78 is 12.1. The molecule has 0 bridgehead atoms. The third kappa shape index (κ3) is 3.36. The number of hydrogen-bond donors (Lipinski definition) is 0. The lowest BCUT2D eigenvalue weighted by Gasteiger charge is -1.85. The number of halogens is 1. The van der Waals surface area contributed by atoms with Gasteiger partial charge in [-0.1, -0.05) is 26.0 Å². The lowest BCUT2D eigenvalue weighted by atomic mass is 10.3. The van der Waals surface area contributed by atoms with Crippen LogP contribution in [0.15, 0.2) is 24.3 Å². The number of hydrogen-bond acceptors (Lipinski definition) is 0. The predicted molar refractivity (Wildman–Crippen MR) is 44.0 cm³/mol. The van der Waals surface area contributed by atoms with Crippen molar-refractivity contribution in [3.8, 4) is 0 Å². The summed E-state index contributed by atoms with van der Waals surface area (Å²) in [6.45, 7) is 10.5. The lowest BCUT2D eigenvalue weighted by Crippen LogP contribution is -1.66. The second kappa shape index (κ2) is 5.43. The zero-order valence-corrected chi connectivity index (χ0v) is 6.63. The van der Waals surface area contributed by atoms with Crippen molar-refractivity contribution in [3.05, 3.63) is 41.5 Å². The first-order chi connectivity index (χ1) is 5.33. The Morgan fingerprint density at radius 1 is 1.18 bits per heavy atom. The van der Waals surface area contributed by atoms with Gasteiger partial charge in [0.25, 0.3) is 0 Å². The van der Waals surface area contributed by atoms with E-state index in [1.54, 1.807) is 0 Å². The van der Waals surface area contributed by atoms with E-state index in [1.807, 2.05) is 13.8 Å². The van der Waals surface area contributed by atoms with Crippen molar-refractivity contribution in [3.63, 3.8) is 0 Å². The average Bonchev–Trinajstić information content (AvgIpc) is 2.10. The van der Waals surface area contributed by atoms with Crippen molar-refractivity contribution in [1.82, 2.24) is 0 Å². The molecule has 11 heavy (non-hydrogen) atoms. The molecule has 0 aliphatic rings. The van der Waals surface area contributed by atoms with Crippen LogP contribution in [0.1, 0.15) is 13.8 Å². The van der Waals surface area contributed by atoms with Gasteiger partial charge in [-0.05, 0) is 12.1 Å². The van der Waals surface area contributed by atoms with Crippen LogP contribution in [0.3, 0.4) is 0 Å². The van der Waals surface area contributed by atoms with Crippen molar-refractivity contribution in [1.29, 1.82) is 0 Å². The molecule has 0 spiro atoms. The van der Waals surface area contributed by atoms with Crippen molar-refractivity contribution in [2.75, 3.05) is 0 Å². The molecule has 1 nitrogen and oxygen atoms in total. The maximum atomic E-state index is 12.1. The highest BCUT2D eigenvalue weighted by molar-refractivity contribution is 5.43. The average molecular weight is 151 g/mol. The highest BCUT2D eigenvalue weighted by Crippen LogP contribution is 2.10. The summed E-state index contributed by atoms with van der Waals surface area (Å²) in [5.41, 5.74) is 0.469. The summed E-state index contributed by atoms with van der Waals surface area (Å²) in [5, 5.41) is 0. The summed E-state index contributed by atoms with van der Waals surface area (Å²) >= 11 is 0. The normalized spacial score (nSPS) is 7.45. The molecule has 0 aliphatic carbocycles. The van der Waals surface area contributed by atoms with E-state index >= 15 is 0 Å². The van der Waals surface area contributed by atoms with Crippen LogP contribution in [0.25, 0.3) is 4.85 Å². The second-order valence-electron chi connectivity index (χ2n) is 1.59. The van der Waals surface area contributed by atoms with Crippen LogP contribution >= 0.6 is 0 Å². The van der Waals surface area contributed by atoms with E-state index in [0.717, 1.165) is 0 Å². The maximum Gasteiger partial charge on any atom is 0.187 e. The SMILES string of the molecule is CC.[C-]#[N+]c1ccc(F)cc1. The molecule has 0 heterocycles. The molecule has 1 aromatic rings. The second-order valence-corrected chi connectivity index (χ2v) is 1.59. The van der Waals surface area contributed by atoms with Gasteiger partial charge in [-0.25, -0.2) is 9.24 Å². The largest absolute Gasteiger partial charge is 0.238 e. The summed E-state index contributed by atoms with van der Waals surface area (Å²) in [6.07, 6.45) is 0. The van der Waals surface area contributed by atoms with Gasteiger partial charge < -0.3 is 0 Å². The fourth-order valence-electron chi connectivity index (χ4n) is 0.516. The Balaban J connectivity index is 0.000000461. The lowest BCUT2D eigenvalue weighted by molar-refractivity contribution is 0.628. The Morgan fingerprint density at radius 2 is 1.64 bits per heavy atom. The monoisotopic (exact) mass is 151 g/mol. The zero-order chi connectivity index (χ0) is 8.69. The first-order valence-electron chi connectivity index (χ1n) is 3.46. The molecule has 0 unspecified atom stereocenters. The zero-order valence-electron chi connectivity index (χ0n) is 6.63. The van der Waals surface area contributed by atoms with E-state index in [1.165, 1.54) is 24.3 Å². The van der Waals surface area contributed by atoms with Gasteiger partial charge in [0, 0.05) is 0 Å². The van der Waals surface area contributed by atoms with Gasteiger partial charge in [-0.3, -0.25) is 0 Å². The minimum absolute atomic E-state index is 0.303. The van der Waals surface area contributed by atoms with Gasteiger partial charge in [0.2, 0.25) is 0 Å². The fourth-order valence-corrected chi connectivity index (χ4v) is 0.516.